The van der Waals surface area contributed by atoms with E-state index >= 15 is 0 Å². The Morgan fingerprint density at radius 3 is 2.29 bits per heavy atom. The number of halogens is 1. The van der Waals surface area contributed by atoms with E-state index in [0.717, 1.165) is 0 Å². The fourth-order valence-electron chi connectivity index (χ4n) is 3.57. The van der Waals surface area contributed by atoms with Crippen molar-refractivity contribution in [1.29, 1.82) is 0 Å². The number of hydrogen-bond acceptors (Lipinski definition) is 5. The number of aliphatic hydroxyl groups is 1. The van der Waals surface area contributed by atoms with E-state index in [9.17, 15) is 24.8 Å². The third-order valence-corrected chi connectivity index (χ3v) is 5.25. The average Bonchev–Trinajstić information content (AvgIpc) is 3.05. The molecule has 1 heterocycles. The number of anilines is 1. The van der Waals surface area contributed by atoms with Gasteiger partial charge in [0, 0.05) is 28.4 Å². The normalized spacial score (nSPS) is 17.7. The van der Waals surface area contributed by atoms with Crippen LogP contribution in [0.4, 0.5) is 11.4 Å². The molecule has 4 rings (SSSR count). The summed E-state index contributed by atoms with van der Waals surface area (Å²) in [5, 5.41) is 22.7. The van der Waals surface area contributed by atoms with Crippen molar-refractivity contribution in [1.82, 2.24) is 0 Å². The summed E-state index contributed by atoms with van der Waals surface area (Å²) in [7, 11) is 0. The first-order chi connectivity index (χ1) is 14.9. The minimum atomic E-state index is -1.04. The van der Waals surface area contributed by atoms with Crippen molar-refractivity contribution in [2.75, 3.05) is 4.90 Å². The predicted molar refractivity (Wildman–Crippen MR) is 116 cm³/mol. The molecule has 1 aliphatic heterocycles. The van der Waals surface area contributed by atoms with Crippen LogP contribution in [0.2, 0.25) is 5.02 Å². The van der Waals surface area contributed by atoms with Crippen molar-refractivity contribution in [2.24, 2.45) is 0 Å². The number of ketones is 1. The fourth-order valence-corrected chi connectivity index (χ4v) is 3.70. The van der Waals surface area contributed by atoms with Crippen LogP contribution in [0.15, 0.2) is 84.4 Å². The molecular formula is C23H15ClN2O5. The lowest BCUT2D eigenvalue weighted by Gasteiger charge is -2.25. The molecule has 3 aromatic carbocycles. The number of aliphatic hydroxyl groups excluding tert-OH is 1. The summed E-state index contributed by atoms with van der Waals surface area (Å²) >= 11 is 5.91. The number of carbonyl (C=O) groups is 2. The van der Waals surface area contributed by atoms with Gasteiger partial charge >= 0.3 is 0 Å². The topological polar surface area (TPSA) is 101 Å². The summed E-state index contributed by atoms with van der Waals surface area (Å²) in [6.45, 7) is 0. The molecule has 1 saturated heterocycles. The van der Waals surface area contributed by atoms with Crippen molar-refractivity contribution >= 4 is 40.4 Å². The van der Waals surface area contributed by atoms with E-state index in [-0.39, 0.29) is 17.0 Å². The van der Waals surface area contributed by atoms with Crippen LogP contribution in [0.25, 0.3) is 5.76 Å². The van der Waals surface area contributed by atoms with Crippen molar-refractivity contribution in [3.8, 4) is 0 Å². The fraction of sp³-hybridized carbons (Fsp3) is 0.0435. The van der Waals surface area contributed by atoms with E-state index in [1.54, 1.807) is 48.5 Å². The average molecular weight is 435 g/mol. The van der Waals surface area contributed by atoms with E-state index in [1.807, 2.05) is 0 Å². The summed E-state index contributed by atoms with van der Waals surface area (Å²) < 4.78 is 0. The van der Waals surface area contributed by atoms with Crippen molar-refractivity contribution in [3.05, 3.63) is 111 Å². The summed E-state index contributed by atoms with van der Waals surface area (Å²) in [6.07, 6.45) is 0. The van der Waals surface area contributed by atoms with Crippen LogP contribution in [0.3, 0.4) is 0 Å². The maximum atomic E-state index is 13.0. The highest BCUT2D eigenvalue weighted by atomic mass is 35.5. The molecule has 0 spiro atoms. The molecule has 0 radical (unpaired) electrons. The molecule has 1 amide bonds. The van der Waals surface area contributed by atoms with Gasteiger partial charge in [0.25, 0.3) is 17.4 Å². The predicted octanol–water partition coefficient (Wildman–Crippen LogP) is 4.87. The van der Waals surface area contributed by atoms with Gasteiger partial charge in [-0.05, 0) is 42.0 Å². The lowest BCUT2D eigenvalue weighted by atomic mass is 9.95. The van der Waals surface area contributed by atoms with E-state index < -0.39 is 22.7 Å². The van der Waals surface area contributed by atoms with Gasteiger partial charge in [0.2, 0.25) is 0 Å². The lowest BCUT2D eigenvalue weighted by Crippen LogP contribution is -2.29. The molecule has 0 saturated carbocycles. The number of benzene rings is 3. The Kier molecular flexibility index (Phi) is 5.27. The number of nitrogens with zero attached hydrogens (tertiary/aromatic N) is 2. The van der Waals surface area contributed by atoms with Gasteiger partial charge in [-0.25, -0.2) is 0 Å². The number of rotatable bonds is 4. The maximum absolute atomic E-state index is 13.0. The van der Waals surface area contributed by atoms with Gasteiger partial charge in [-0.2, -0.15) is 0 Å². The van der Waals surface area contributed by atoms with Gasteiger partial charge in [0.1, 0.15) is 5.76 Å². The SMILES string of the molecule is O=C1C(=O)N(c2ccccc2)[C@H](c2cccc([N+](=O)[O-])c2)C1=C(O)c1ccc(Cl)cc1. The number of non-ortho nitro benzene ring substituents is 1. The number of amides is 1. The monoisotopic (exact) mass is 434 g/mol. The molecule has 0 aromatic heterocycles. The van der Waals surface area contributed by atoms with Crippen LogP contribution >= 0.6 is 11.6 Å². The molecule has 1 aliphatic rings. The molecule has 1 fully saturated rings. The molecule has 0 aliphatic carbocycles. The van der Waals surface area contributed by atoms with Gasteiger partial charge in [-0.3, -0.25) is 24.6 Å². The highest BCUT2D eigenvalue weighted by molar-refractivity contribution is 6.51. The molecule has 1 atom stereocenters. The zero-order chi connectivity index (χ0) is 22.1. The number of para-hydroxylation sites is 1. The minimum absolute atomic E-state index is 0.156. The van der Waals surface area contributed by atoms with E-state index in [4.69, 9.17) is 11.6 Å². The van der Waals surface area contributed by atoms with Gasteiger partial charge in [0.05, 0.1) is 16.5 Å². The van der Waals surface area contributed by atoms with Gasteiger partial charge < -0.3 is 5.11 Å². The molecule has 0 unspecified atom stereocenters. The highest BCUT2D eigenvalue weighted by Gasteiger charge is 2.47. The highest BCUT2D eigenvalue weighted by Crippen LogP contribution is 2.42. The minimum Gasteiger partial charge on any atom is -0.507 e. The van der Waals surface area contributed by atoms with Crippen LogP contribution in [0.5, 0.6) is 0 Å². The number of nitro benzene ring substituents is 1. The number of carbonyl (C=O) groups excluding carboxylic acids is 2. The second-order valence-corrected chi connectivity index (χ2v) is 7.30. The second kappa shape index (κ2) is 8.04. The molecule has 7 nitrogen and oxygen atoms in total. The Hall–Kier alpha value is -3.97. The summed E-state index contributed by atoms with van der Waals surface area (Å²) in [6, 6.07) is 19.2. The van der Waals surface area contributed by atoms with Crippen LogP contribution in [-0.4, -0.2) is 21.7 Å². The third-order valence-electron chi connectivity index (χ3n) is 4.99. The second-order valence-electron chi connectivity index (χ2n) is 6.86. The van der Waals surface area contributed by atoms with Gasteiger partial charge in [-0.1, -0.05) is 41.9 Å². The first-order valence-corrected chi connectivity index (χ1v) is 9.62. The number of nitro groups is 1. The molecule has 3 aromatic rings. The van der Waals surface area contributed by atoms with Crippen LogP contribution < -0.4 is 4.90 Å². The van der Waals surface area contributed by atoms with Gasteiger partial charge in [0.15, 0.2) is 0 Å². The molecule has 154 valence electrons. The zero-order valence-corrected chi connectivity index (χ0v) is 16.7. The summed E-state index contributed by atoms with van der Waals surface area (Å²) in [4.78, 5) is 38.0. The Morgan fingerprint density at radius 2 is 1.65 bits per heavy atom. The Morgan fingerprint density at radius 1 is 0.968 bits per heavy atom. The zero-order valence-electron chi connectivity index (χ0n) is 15.9. The summed E-state index contributed by atoms with van der Waals surface area (Å²) in [5.74, 6) is -2.10. The third kappa shape index (κ3) is 3.67. The summed E-state index contributed by atoms with van der Waals surface area (Å²) in [5.41, 5.74) is 0.703. The molecular weight excluding hydrogens is 420 g/mol. The Bertz CT molecular complexity index is 1220. The quantitative estimate of drug-likeness (QED) is 0.207. The van der Waals surface area contributed by atoms with E-state index in [1.165, 1.54) is 35.2 Å². The lowest BCUT2D eigenvalue weighted by molar-refractivity contribution is -0.384. The standard InChI is InChI=1S/C23H15ClN2O5/c24-16-11-9-14(10-12-16)21(27)19-20(15-5-4-8-18(13-15)26(30)31)25(23(29)22(19)28)17-6-2-1-3-7-17/h1-13,20,27H/t20-/m1/s1. The Labute approximate surface area is 182 Å². The number of Topliss-reactive ketones (excluding diaryl/α,β-unsaturated/α-hetero) is 1. The first-order valence-electron chi connectivity index (χ1n) is 9.25. The van der Waals surface area contributed by atoms with Crippen molar-refractivity contribution in [3.63, 3.8) is 0 Å². The van der Waals surface area contributed by atoms with E-state index in [2.05, 4.69) is 0 Å². The largest absolute Gasteiger partial charge is 0.507 e. The number of hydrogen-bond donors (Lipinski definition) is 1. The van der Waals surface area contributed by atoms with Crippen molar-refractivity contribution in [2.45, 2.75) is 6.04 Å². The van der Waals surface area contributed by atoms with E-state index in [0.29, 0.717) is 21.8 Å². The van der Waals surface area contributed by atoms with Gasteiger partial charge in [-0.15, -0.1) is 0 Å². The molecule has 8 heteroatoms. The van der Waals surface area contributed by atoms with Crippen LogP contribution in [0.1, 0.15) is 17.2 Å². The van der Waals surface area contributed by atoms with Crippen molar-refractivity contribution < 1.29 is 19.6 Å². The molecule has 1 N–H and O–H groups in total. The van der Waals surface area contributed by atoms with Crippen LogP contribution in [-0.2, 0) is 9.59 Å². The first kappa shape index (κ1) is 20.3. The Balaban J connectivity index is 1.96. The maximum Gasteiger partial charge on any atom is 0.300 e. The molecule has 31 heavy (non-hydrogen) atoms. The molecule has 0 bridgehead atoms. The van der Waals surface area contributed by atoms with Crippen LogP contribution in [0, 0.1) is 10.1 Å². The smallest absolute Gasteiger partial charge is 0.300 e.